The Kier molecular flexibility index (Phi) is 13.4. The van der Waals surface area contributed by atoms with Crippen molar-refractivity contribution in [3.63, 3.8) is 0 Å². The molecular weight excluding hydrogens is 662 g/mol. The van der Waals surface area contributed by atoms with Crippen molar-refractivity contribution in [3.05, 3.63) is 40.6 Å². The van der Waals surface area contributed by atoms with E-state index >= 15 is 0 Å². The number of aryl methyl sites for hydroxylation is 1. The number of benzene rings is 1. The Balaban J connectivity index is 1.49. The number of fused-ring (bicyclic) bond motifs is 1. The summed E-state index contributed by atoms with van der Waals surface area (Å²) >= 11 is 0. The quantitative estimate of drug-likeness (QED) is 0.0660. The first-order valence-corrected chi connectivity index (χ1v) is 17.9. The van der Waals surface area contributed by atoms with E-state index in [-0.39, 0.29) is 62.3 Å². The molecule has 2 aliphatic rings. The van der Waals surface area contributed by atoms with Crippen LogP contribution in [-0.4, -0.2) is 84.8 Å². The number of hydrogen-bond donors (Lipinski definition) is 0. The van der Waals surface area contributed by atoms with Crippen LogP contribution in [0.5, 0.6) is 0 Å². The van der Waals surface area contributed by atoms with E-state index in [1.807, 2.05) is 6.92 Å². The second-order valence-electron chi connectivity index (χ2n) is 13.7. The van der Waals surface area contributed by atoms with Gasteiger partial charge in [0, 0.05) is 56.0 Å². The molecule has 0 aliphatic carbocycles. The SMILES string of the molecule is CCCCC(=O)OC1CCC(=O)C[C@@H]2N(CCCCn3cc(-c4cccc([N+](=O)[O-])c4)nn3)C(=O)O[C@]2(C)C(CC)OC(=O)C(C)C(=O)C(C)C1. The highest BCUT2D eigenvalue weighted by Crippen LogP contribution is 2.39. The van der Waals surface area contributed by atoms with Crippen molar-refractivity contribution in [1.82, 2.24) is 19.9 Å². The Hall–Kier alpha value is -4.69. The molecule has 6 atom stereocenters. The molecule has 2 saturated heterocycles. The highest BCUT2D eigenvalue weighted by atomic mass is 16.6. The summed E-state index contributed by atoms with van der Waals surface area (Å²) < 4.78 is 19.2. The molecule has 4 unspecified atom stereocenters. The molecule has 51 heavy (non-hydrogen) atoms. The average Bonchev–Trinajstić information content (AvgIpc) is 3.67. The number of esters is 2. The fraction of sp³-hybridized carbons (Fsp3) is 0.639. The third-order valence-corrected chi connectivity index (χ3v) is 9.86. The van der Waals surface area contributed by atoms with Crippen LogP contribution in [0, 0.1) is 22.0 Å². The number of Topliss-reactive ketones (excluding diaryl/α,β-unsaturated/α-hetero) is 2. The number of rotatable bonds is 12. The number of non-ortho nitro benzene ring substituents is 1. The summed E-state index contributed by atoms with van der Waals surface area (Å²) in [5.74, 6) is -3.39. The van der Waals surface area contributed by atoms with Gasteiger partial charge >= 0.3 is 18.0 Å². The lowest BCUT2D eigenvalue weighted by Crippen LogP contribution is -2.54. The molecule has 1 aromatic heterocycles. The molecule has 0 radical (unpaired) electrons. The standard InChI is InChI=1S/C36H49N5O10/c1-6-8-14-32(43)49-28-16-15-27(42)21-30-36(5,31(7-2)50-34(45)24(4)33(44)23(3)19-28)51-35(46)40(30)18-10-9-17-39-22-29(37-38-39)25-12-11-13-26(20-25)41(47)48/h11-13,20,22-24,28,30-31H,6-10,14-19,21H2,1-5H3/t23?,24?,28?,30-,31?,36-/m0/s1. The zero-order valence-corrected chi connectivity index (χ0v) is 30.1. The second-order valence-corrected chi connectivity index (χ2v) is 13.7. The fourth-order valence-electron chi connectivity index (χ4n) is 6.80. The highest BCUT2D eigenvalue weighted by molar-refractivity contribution is 5.99. The van der Waals surface area contributed by atoms with Crippen LogP contribution in [-0.2, 0) is 39.9 Å². The summed E-state index contributed by atoms with van der Waals surface area (Å²) in [6.07, 6.45) is 2.90. The number of aromatic nitrogens is 3. The molecule has 3 heterocycles. The van der Waals surface area contributed by atoms with Gasteiger partial charge in [-0.25, -0.2) is 4.79 Å². The number of unbranched alkanes of at least 4 members (excludes halogenated alkanes) is 2. The van der Waals surface area contributed by atoms with Crippen molar-refractivity contribution >= 4 is 35.3 Å². The van der Waals surface area contributed by atoms with Crippen LogP contribution in [0.25, 0.3) is 11.3 Å². The lowest BCUT2D eigenvalue weighted by Gasteiger charge is -2.37. The van der Waals surface area contributed by atoms with Gasteiger partial charge < -0.3 is 19.1 Å². The summed E-state index contributed by atoms with van der Waals surface area (Å²) in [6.45, 7) is 9.26. The minimum absolute atomic E-state index is 0.0499. The van der Waals surface area contributed by atoms with Crippen LogP contribution in [0.2, 0.25) is 0 Å². The lowest BCUT2D eigenvalue weighted by atomic mass is 9.83. The van der Waals surface area contributed by atoms with Gasteiger partial charge in [-0.05, 0) is 52.4 Å². The fourth-order valence-corrected chi connectivity index (χ4v) is 6.80. The maximum Gasteiger partial charge on any atom is 0.410 e. The molecule has 2 fully saturated rings. The smallest absolute Gasteiger partial charge is 0.410 e. The number of carbonyl (C=O) groups excluding carboxylic acids is 5. The van der Waals surface area contributed by atoms with E-state index in [0.29, 0.717) is 37.1 Å². The molecule has 4 rings (SSSR count). The largest absolute Gasteiger partial charge is 0.462 e. The maximum atomic E-state index is 13.6. The Bertz CT molecular complexity index is 1590. The number of cyclic esters (lactones) is 1. The van der Waals surface area contributed by atoms with E-state index in [2.05, 4.69) is 10.3 Å². The number of nitro benzene ring substituents is 1. The second kappa shape index (κ2) is 17.5. The molecule has 0 spiro atoms. The van der Waals surface area contributed by atoms with Gasteiger partial charge in [0.15, 0.2) is 5.60 Å². The molecule has 1 amide bonds. The third-order valence-electron chi connectivity index (χ3n) is 9.86. The number of amides is 1. The molecule has 2 aromatic rings. The normalized spacial score (nSPS) is 26.2. The molecule has 15 heteroatoms. The Labute approximate surface area is 297 Å². The van der Waals surface area contributed by atoms with Gasteiger partial charge in [-0.2, -0.15) is 0 Å². The van der Waals surface area contributed by atoms with Crippen molar-refractivity contribution in [2.24, 2.45) is 11.8 Å². The van der Waals surface area contributed by atoms with Gasteiger partial charge in [0.05, 0.1) is 17.2 Å². The van der Waals surface area contributed by atoms with Crippen molar-refractivity contribution in [3.8, 4) is 11.3 Å². The molecule has 2 aliphatic heterocycles. The number of nitrogens with zero attached hydrogens (tertiary/aromatic N) is 5. The predicted molar refractivity (Wildman–Crippen MR) is 183 cm³/mol. The minimum Gasteiger partial charge on any atom is -0.462 e. The molecule has 0 bridgehead atoms. The van der Waals surface area contributed by atoms with E-state index < -0.39 is 58.6 Å². The lowest BCUT2D eigenvalue weighted by molar-refractivity contribution is -0.384. The van der Waals surface area contributed by atoms with E-state index in [0.717, 1.165) is 6.42 Å². The van der Waals surface area contributed by atoms with Gasteiger partial charge in [0.2, 0.25) is 0 Å². The van der Waals surface area contributed by atoms with E-state index in [1.165, 1.54) is 24.0 Å². The van der Waals surface area contributed by atoms with Gasteiger partial charge in [-0.3, -0.25) is 34.0 Å². The van der Waals surface area contributed by atoms with Crippen LogP contribution in [0.1, 0.15) is 98.8 Å². The predicted octanol–water partition coefficient (Wildman–Crippen LogP) is 5.62. The summed E-state index contributed by atoms with van der Waals surface area (Å²) in [5.41, 5.74) is -0.375. The summed E-state index contributed by atoms with van der Waals surface area (Å²) in [4.78, 5) is 78.4. The molecule has 1 aromatic carbocycles. The summed E-state index contributed by atoms with van der Waals surface area (Å²) in [6, 6.07) is 5.36. The first kappa shape index (κ1) is 39.1. The number of hydrogen-bond acceptors (Lipinski definition) is 12. The molecule has 278 valence electrons. The highest BCUT2D eigenvalue weighted by Gasteiger charge is 2.57. The van der Waals surface area contributed by atoms with Gasteiger partial charge in [0.1, 0.15) is 35.4 Å². The molecule has 0 saturated carbocycles. The average molecular weight is 712 g/mol. The van der Waals surface area contributed by atoms with Gasteiger partial charge in [-0.15, -0.1) is 5.10 Å². The van der Waals surface area contributed by atoms with Crippen LogP contribution in [0.15, 0.2) is 30.5 Å². The van der Waals surface area contributed by atoms with Crippen LogP contribution >= 0.6 is 0 Å². The number of ketones is 2. The topological polar surface area (TPSA) is 190 Å². The van der Waals surface area contributed by atoms with Crippen molar-refractivity contribution < 1.29 is 43.1 Å². The molecule has 0 N–H and O–H groups in total. The van der Waals surface area contributed by atoms with Gasteiger partial charge in [-0.1, -0.05) is 44.5 Å². The molecular formula is C36H49N5O10. The van der Waals surface area contributed by atoms with E-state index in [4.69, 9.17) is 14.2 Å². The number of ether oxygens (including phenoxy) is 3. The molecule has 15 nitrogen and oxygen atoms in total. The van der Waals surface area contributed by atoms with Crippen LogP contribution < -0.4 is 0 Å². The Morgan fingerprint density at radius 3 is 2.57 bits per heavy atom. The van der Waals surface area contributed by atoms with Crippen LogP contribution in [0.3, 0.4) is 0 Å². The number of carbonyl (C=O) groups is 5. The zero-order valence-electron chi connectivity index (χ0n) is 30.1. The first-order valence-electron chi connectivity index (χ1n) is 17.9. The third kappa shape index (κ3) is 9.76. The minimum atomic E-state index is -1.37. The Morgan fingerprint density at radius 1 is 1.12 bits per heavy atom. The first-order chi connectivity index (χ1) is 24.3. The summed E-state index contributed by atoms with van der Waals surface area (Å²) in [7, 11) is 0. The van der Waals surface area contributed by atoms with Crippen molar-refractivity contribution in [2.45, 2.75) is 129 Å². The van der Waals surface area contributed by atoms with Crippen molar-refractivity contribution in [1.29, 1.82) is 0 Å². The van der Waals surface area contributed by atoms with Crippen molar-refractivity contribution in [2.75, 3.05) is 6.54 Å². The monoisotopic (exact) mass is 711 g/mol. The maximum absolute atomic E-state index is 13.6. The van der Waals surface area contributed by atoms with Gasteiger partial charge in [0.25, 0.3) is 5.69 Å². The zero-order chi connectivity index (χ0) is 37.3. The number of nitro groups is 1. The summed E-state index contributed by atoms with van der Waals surface area (Å²) in [5, 5.41) is 19.4. The van der Waals surface area contributed by atoms with E-state index in [1.54, 1.807) is 43.8 Å². The van der Waals surface area contributed by atoms with Crippen LogP contribution in [0.4, 0.5) is 10.5 Å². The van der Waals surface area contributed by atoms with E-state index in [9.17, 15) is 34.1 Å². The Morgan fingerprint density at radius 2 is 1.86 bits per heavy atom.